The Hall–Kier alpha value is -3.27. The first-order valence-corrected chi connectivity index (χ1v) is 8.30. The van der Waals surface area contributed by atoms with E-state index in [-0.39, 0.29) is 18.3 Å². The lowest BCUT2D eigenvalue weighted by Crippen LogP contribution is -2.04. The summed E-state index contributed by atoms with van der Waals surface area (Å²) in [5.74, 6) is 0.730. The highest BCUT2D eigenvalue weighted by Crippen LogP contribution is 2.30. The van der Waals surface area contributed by atoms with Gasteiger partial charge in [-0.25, -0.2) is 0 Å². The standard InChI is InChI=1S/C17H10ClF3N6O/c18-13-3-1-2-11(8-13)16-23-26-27(24-16)9-14-22-15(25-28-14)10-4-6-12(7-5-10)17(19,20)21/h1-8H,9H2. The van der Waals surface area contributed by atoms with Gasteiger partial charge in [-0.05, 0) is 29.5 Å². The van der Waals surface area contributed by atoms with Crippen molar-refractivity contribution < 1.29 is 17.7 Å². The summed E-state index contributed by atoms with van der Waals surface area (Å²) in [6.07, 6.45) is -4.40. The minimum Gasteiger partial charge on any atom is -0.337 e. The smallest absolute Gasteiger partial charge is 0.337 e. The molecule has 0 saturated carbocycles. The van der Waals surface area contributed by atoms with Crippen LogP contribution in [0.2, 0.25) is 5.02 Å². The molecular formula is C17H10ClF3N6O. The predicted molar refractivity (Wildman–Crippen MR) is 92.1 cm³/mol. The maximum Gasteiger partial charge on any atom is 0.416 e. The van der Waals surface area contributed by atoms with Crippen molar-refractivity contribution in [3.05, 3.63) is 65.0 Å². The molecule has 0 aliphatic rings. The molecule has 0 unspecified atom stereocenters. The van der Waals surface area contributed by atoms with Crippen LogP contribution in [0.5, 0.6) is 0 Å². The Labute approximate surface area is 160 Å². The average molecular weight is 407 g/mol. The summed E-state index contributed by atoms with van der Waals surface area (Å²) in [6, 6.07) is 11.5. The fourth-order valence-electron chi connectivity index (χ4n) is 2.42. The molecule has 2 aromatic heterocycles. The number of aromatic nitrogens is 6. The Bertz CT molecular complexity index is 1110. The quantitative estimate of drug-likeness (QED) is 0.507. The third kappa shape index (κ3) is 3.86. The van der Waals surface area contributed by atoms with E-state index >= 15 is 0 Å². The van der Waals surface area contributed by atoms with E-state index in [1.807, 2.05) is 0 Å². The van der Waals surface area contributed by atoms with Crippen LogP contribution in [0.1, 0.15) is 11.5 Å². The molecule has 4 aromatic rings. The van der Waals surface area contributed by atoms with Gasteiger partial charge in [-0.3, -0.25) is 0 Å². The van der Waals surface area contributed by atoms with Crippen LogP contribution in [0.4, 0.5) is 13.2 Å². The number of tetrazole rings is 1. The van der Waals surface area contributed by atoms with E-state index in [1.165, 1.54) is 16.9 Å². The molecule has 0 atom stereocenters. The first kappa shape index (κ1) is 18.1. The maximum absolute atomic E-state index is 12.6. The van der Waals surface area contributed by atoms with Crippen molar-refractivity contribution in [3.63, 3.8) is 0 Å². The normalized spacial score (nSPS) is 11.7. The van der Waals surface area contributed by atoms with Crippen LogP contribution in [0, 0.1) is 0 Å². The molecular weight excluding hydrogens is 397 g/mol. The molecule has 0 aliphatic heterocycles. The molecule has 0 amide bonds. The second-order valence-corrected chi connectivity index (χ2v) is 6.18. The Morgan fingerprint density at radius 3 is 2.50 bits per heavy atom. The van der Waals surface area contributed by atoms with E-state index in [4.69, 9.17) is 16.1 Å². The van der Waals surface area contributed by atoms with Crippen LogP contribution >= 0.6 is 11.6 Å². The van der Waals surface area contributed by atoms with Crippen LogP contribution in [0.15, 0.2) is 53.1 Å². The lowest BCUT2D eigenvalue weighted by molar-refractivity contribution is -0.137. The minimum absolute atomic E-state index is 0.0567. The van der Waals surface area contributed by atoms with Crippen molar-refractivity contribution in [2.24, 2.45) is 0 Å². The van der Waals surface area contributed by atoms with Gasteiger partial charge in [-0.2, -0.15) is 23.0 Å². The lowest BCUT2D eigenvalue weighted by atomic mass is 10.1. The van der Waals surface area contributed by atoms with Crippen LogP contribution in [-0.2, 0) is 12.7 Å². The van der Waals surface area contributed by atoms with Crippen molar-refractivity contribution in [3.8, 4) is 22.8 Å². The van der Waals surface area contributed by atoms with Gasteiger partial charge in [0.25, 0.3) is 5.89 Å². The summed E-state index contributed by atoms with van der Waals surface area (Å²) in [5.41, 5.74) is 0.351. The predicted octanol–water partition coefficient (Wildman–Crippen LogP) is 4.11. The number of nitrogens with zero attached hydrogens (tertiary/aromatic N) is 6. The number of benzene rings is 2. The van der Waals surface area contributed by atoms with E-state index in [1.54, 1.807) is 24.3 Å². The monoisotopic (exact) mass is 406 g/mol. The maximum atomic E-state index is 12.6. The highest BCUT2D eigenvalue weighted by Gasteiger charge is 2.30. The SMILES string of the molecule is FC(F)(F)c1ccc(-c2noc(Cn3nnc(-c4cccc(Cl)c4)n3)n2)cc1. The zero-order valence-electron chi connectivity index (χ0n) is 13.9. The van der Waals surface area contributed by atoms with Gasteiger partial charge in [0.15, 0.2) is 0 Å². The van der Waals surface area contributed by atoms with Crippen LogP contribution in [-0.4, -0.2) is 30.3 Å². The van der Waals surface area contributed by atoms with Gasteiger partial charge >= 0.3 is 6.18 Å². The van der Waals surface area contributed by atoms with Crippen molar-refractivity contribution in [2.75, 3.05) is 0 Å². The number of hydrogen-bond acceptors (Lipinski definition) is 6. The summed E-state index contributed by atoms with van der Waals surface area (Å²) < 4.78 is 43.0. The summed E-state index contributed by atoms with van der Waals surface area (Å²) in [4.78, 5) is 5.42. The molecule has 0 bridgehead atoms. The summed E-state index contributed by atoms with van der Waals surface area (Å²) in [5, 5.41) is 16.4. The molecule has 142 valence electrons. The third-order valence-corrected chi connectivity index (χ3v) is 3.99. The van der Waals surface area contributed by atoms with Crippen molar-refractivity contribution >= 4 is 11.6 Å². The highest BCUT2D eigenvalue weighted by atomic mass is 35.5. The molecule has 2 aromatic carbocycles. The molecule has 0 radical (unpaired) electrons. The van der Waals surface area contributed by atoms with Gasteiger partial charge < -0.3 is 4.52 Å². The van der Waals surface area contributed by atoms with Gasteiger partial charge in [0.2, 0.25) is 11.6 Å². The van der Waals surface area contributed by atoms with Gasteiger partial charge in [-0.15, -0.1) is 10.2 Å². The Morgan fingerprint density at radius 2 is 1.79 bits per heavy atom. The molecule has 0 N–H and O–H groups in total. The molecule has 0 fully saturated rings. The molecule has 28 heavy (non-hydrogen) atoms. The summed E-state index contributed by atoms with van der Waals surface area (Å²) in [7, 11) is 0. The van der Waals surface area contributed by atoms with Crippen molar-refractivity contribution in [2.45, 2.75) is 12.7 Å². The average Bonchev–Trinajstić information content (AvgIpc) is 3.31. The number of halogens is 4. The molecule has 0 spiro atoms. The zero-order valence-corrected chi connectivity index (χ0v) is 14.7. The van der Waals surface area contributed by atoms with Gasteiger partial charge in [-0.1, -0.05) is 41.0 Å². The van der Waals surface area contributed by atoms with E-state index in [0.29, 0.717) is 22.0 Å². The number of hydrogen-bond donors (Lipinski definition) is 0. The van der Waals surface area contributed by atoms with Crippen molar-refractivity contribution in [1.29, 1.82) is 0 Å². The largest absolute Gasteiger partial charge is 0.416 e. The zero-order chi connectivity index (χ0) is 19.7. The fraction of sp³-hybridized carbons (Fsp3) is 0.118. The molecule has 11 heteroatoms. The third-order valence-electron chi connectivity index (χ3n) is 3.75. The minimum atomic E-state index is -4.40. The van der Waals surface area contributed by atoms with Crippen LogP contribution < -0.4 is 0 Å². The van der Waals surface area contributed by atoms with Gasteiger partial charge in [0.05, 0.1) is 5.56 Å². The Kier molecular flexibility index (Phi) is 4.55. The fourth-order valence-corrected chi connectivity index (χ4v) is 2.61. The number of rotatable bonds is 4. The molecule has 0 saturated heterocycles. The van der Waals surface area contributed by atoms with Crippen LogP contribution in [0.25, 0.3) is 22.8 Å². The van der Waals surface area contributed by atoms with Crippen molar-refractivity contribution in [1.82, 2.24) is 30.3 Å². The first-order valence-electron chi connectivity index (χ1n) is 7.92. The highest BCUT2D eigenvalue weighted by molar-refractivity contribution is 6.30. The molecule has 2 heterocycles. The van der Waals surface area contributed by atoms with E-state index in [9.17, 15) is 13.2 Å². The van der Waals surface area contributed by atoms with E-state index in [2.05, 4.69) is 25.6 Å². The molecule has 4 rings (SSSR count). The van der Waals surface area contributed by atoms with Crippen LogP contribution in [0.3, 0.4) is 0 Å². The van der Waals surface area contributed by atoms with E-state index < -0.39 is 11.7 Å². The lowest BCUT2D eigenvalue weighted by Gasteiger charge is -2.05. The second-order valence-electron chi connectivity index (χ2n) is 5.74. The Balaban J connectivity index is 1.50. The second kappa shape index (κ2) is 7.04. The van der Waals surface area contributed by atoms with Gasteiger partial charge in [0, 0.05) is 16.1 Å². The Morgan fingerprint density at radius 1 is 1.00 bits per heavy atom. The summed E-state index contributed by atoms with van der Waals surface area (Å²) in [6.45, 7) is 0.0567. The molecule has 7 nitrogen and oxygen atoms in total. The summed E-state index contributed by atoms with van der Waals surface area (Å²) >= 11 is 5.95. The molecule has 0 aliphatic carbocycles. The van der Waals surface area contributed by atoms with Gasteiger partial charge in [0.1, 0.15) is 6.54 Å². The topological polar surface area (TPSA) is 82.5 Å². The first-order chi connectivity index (χ1) is 13.4. The number of alkyl halides is 3. The van der Waals surface area contributed by atoms with E-state index in [0.717, 1.165) is 12.1 Å².